The zero-order valence-corrected chi connectivity index (χ0v) is 16.5. The van der Waals surface area contributed by atoms with Gasteiger partial charge < -0.3 is 29.7 Å². The van der Waals surface area contributed by atoms with Gasteiger partial charge in [-0.25, -0.2) is 0 Å². The highest BCUT2D eigenvalue weighted by Gasteiger charge is 2.35. The molecule has 1 aliphatic heterocycles. The fourth-order valence-corrected chi connectivity index (χ4v) is 3.08. The van der Waals surface area contributed by atoms with E-state index in [1.807, 2.05) is 0 Å². The predicted octanol–water partition coefficient (Wildman–Crippen LogP) is 1.18. The highest BCUT2D eigenvalue weighted by atomic mass is 16.5. The van der Waals surface area contributed by atoms with Gasteiger partial charge >= 0.3 is 0 Å². The fourth-order valence-electron chi connectivity index (χ4n) is 3.08. The number of amides is 2. The van der Waals surface area contributed by atoms with Gasteiger partial charge in [0.15, 0.2) is 11.5 Å². The summed E-state index contributed by atoms with van der Waals surface area (Å²) in [6, 6.07) is 3.43. The summed E-state index contributed by atoms with van der Waals surface area (Å²) in [6.07, 6.45) is 1.24. The van der Waals surface area contributed by atoms with Gasteiger partial charge in [-0.3, -0.25) is 9.59 Å². The van der Waals surface area contributed by atoms with Gasteiger partial charge in [-0.15, -0.1) is 0 Å². The Labute approximate surface area is 160 Å². The third kappa shape index (κ3) is 5.03. The number of nitrogens with zero attached hydrogens (tertiary/aromatic N) is 1. The van der Waals surface area contributed by atoms with Crippen LogP contribution in [0.4, 0.5) is 5.69 Å². The van der Waals surface area contributed by atoms with Crippen LogP contribution in [0.2, 0.25) is 0 Å². The number of carbonyl (C=O) groups excluding carboxylic acids is 2. The van der Waals surface area contributed by atoms with Crippen LogP contribution in [0.1, 0.15) is 19.8 Å². The van der Waals surface area contributed by atoms with E-state index in [0.29, 0.717) is 36.0 Å². The maximum Gasteiger partial charge on any atom is 0.227 e. The van der Waals surface area contributed by atoms with Crippen molar-refractivity contribution in [2.75, 3.05) is 52.4 Å². The first kappa shape index (κ1) is 20.8. The van der Waals surface area contributed by atoms with E-state index in [9.17, 15) is 9.59 Å². The maximum absolute atomic E-state index is 12.5. The van der Waals surface area contributed by atoms with E-state index in [-0.39, 0.29) is 24.2 Å². The average Bonchev–Trinajstić information content (AvgIpc) is 3.08. The van der Waals surface area contributed by atoms with E-state index in [2.05, 4.69) is 17.6 Å². The van der Waals surface area contributed by atoms with E-state index in [0.717, 1.165) is 19.5 Å². The molecule has 0 radical (unpaired) electrons. The molecule has 150 valence electrons. The number of hydrogen-bond donors (Lipinski definition) is 2. The number of anilines is 1. The number of nitrogens with one attached hydrogen (secondary N) is 2. The van der Waals surface area contributed by atoms with E-state index in [1.165, 1.54) is 21.3 Å². The van der Waals surface area contributed by atoms with Crippen molar-refractivity contribution in [3.8, 4) is 17.2 Å². The molecule has 2 N–H and O–H groups in total. The number of benzene rings is 1. The zero-order chi connectivity index (χ0) is 19.8. The molecule has 8 nitrogen and oxygen atoms in total. The van der Waals surface area contributed by atoms with Gasteiger partial charge in [0.2, 0.25) is 17.6 Å². The molecule has 1 aromatic carbocycles. The summed E-state index contributed by atoms with van der Waals surface area (Å²) in [6.45, 7) is 4.61. The zero-order valence-electron chi connectivity index (χ0n) is 16.5. The van der Waals surface area contributed by atoms with Crippen LogP contribution < -0.4 is 29.7 Å². The summed E-state index contributed by atoms with van der Waals surface area (Å²) >= 11 is 0. The largest absolute Gasteiger partial charge is 0.493 e. The van der Waals surface area contributed by atoms with Crippen molar-refractivity contribution in [3.63, 3.8) is 0 Å². The normalized spacial score (nSPS) is 16.4. The molecule has 0 aliphatic carbocycles. The minimum Gasteiger partial charge on any atom is -0.493 e. The first-order chi connectivity index (χ1) is 13.0. The molecule has 2 amide bonds. The summed E-state index contributed by atoms with van der Waals surface area (Å²) in [5.74, 6) is 0.821. The van der Waals surface area contributed by atoms with Gasteiger partial charge in [0.25, 0.3) is 0 Å². The summed E-state index contributed by atoms with van der Waals surface area (Å²) in [7, 11) is 4.57. The highest BCUT2D eigenvalue weighted by Crippen LogP contribution is 2.42. The molecule has 0 aromatic heterocycles. The molecule has 0 bridgehead atoms. The SMILES string of the molecule is CCCNCCNC(=O)C1CC(=O)N(c2cc(OC)c(OC)c(OC)c2)C1. The Hall–Kier alpha value is -2.48. The summed E-state index contributed by atoms with van der Waals surface area (Å²) in [4.78, 5) is 26.4. The number of methoxy groups -OCH3 is 3. The summed E-state index contributed by atoms with van der Waals surface area (Å²) < 4.78 is 16.0. The highest BCUT2D eigenvalue weighted by molar-refractivity contribution is 6.00. The minimum atomic E-state index is -0.372. The van der Waals surface area contributed by atoms with Gasteiger partial charge in [0.05, 0.1) is 32.9 Å². The van der Waals surface area contributed by atoms with E-state index in [4.69, 9.17) is 14.2 Å². The molecule has 1 atom stereocenters. The molecular weight excluding hydrogens is 350 g/mol. The fraction of sp³-hybridized carbons (Fsp3) is 0.579. The molecule has 1 unspecified atom stereocenters. The van der Waals surface area contributed by atoms with Gasteiger partial charge in [-0.1, -0.05) is 6.92 Å². The van der Waals surface area contributed by atoms with Crippen molar-refractivity contribution in [2.45, 2.75) is 19.8 Å². The van der Waals surface area contributed by atoms with Crippen LogP contribution in [0.3, 0.4) is 0 Å². The number of hydrogen-bond acceptors (Lipinski definition) is 6. The Morgan fingerprint density at radius 1 is 1.11 bits per heavy atom. The van der Waals surface area contributed by atoms with Crippen molar-refractivity contribution in [3.05, 3.63) is 12.1 Å². The molecule has 1 fully saturated rings. The molecule has 1 aromatic rings. The Morgan fingerprint density at radius 2 is 1.78 bits per heavy atom. The second-order valence-corrected chi connectivity index (χ2v) is 6.33. The Balaban J connectivity index is 2.06. The molecule has 2 rings (SSSR count). The second-order valence-electron chi connectivity index (χ2n) is 6.33. The lowest BCUT2D eigenvalue weighted by Crippen LogP contribution is -2.37. The third-order valence-electron chi connectivity index (χ3n) is 4.48. The minimum absolute atomic E-state index is 0.100. The van der Waals surface area contributed by atoms with Gasteiger partial charge in [-0.05, 0) is 13.0 Å². The molecule has 1 saturated heterocycles. The molecule has 0 saturated carbocycles. The Morgan fingerprint density at radius 3 is 2.33 bits per heavy atom. The molecule has 27 heavy (non-hydrogen) atoms. The van der Waals surface area contributed by atoms with Crippen molar-refractivity contribution in [2.24, 2.45) is 5.92 Å². The number of ether oxygens (including phenoxy) is 3. The Kier molecular flexibility index (Phi) is 7.72. The van der Waals surface area contributed by atoms with Crippen molar-refractivity contribution in [1.29, 1.82) is 0 Å². The van der Waals surface area contributed by atoms with E-state index < -0.39 is 0 Å². The summed E-state index contributed by atoms with van der Waals surface area (Å²) in [5.41, 5.74) is 0.620. The van der Waals surface area contributed by atoms with E-state index >= 15 is 0 Å². The molecule has 8 heteroatoms. The van der Waals surface area contributed by atoms with Crippen LogP contribution in [-0.2, 0) is 9.59 Å². The molecule has 0 spiro atoms. The van der Waals surface area contributed by atoms with Gasteiger partial charge in [0, 0.05) is 38.2 Å². The molecule has 1 heterocycles. The van der Waals surface area contributed by atoms with Crippen LogP contribution >= 0.6 is 0 Å². The maximum atomic E-state index is 12.5. The molecule has 1 aliphatic rings. The van der Waals surface area contributed by atoms with Crippen LogP contribution in [0, 0.1) is 5.92 Å². The lowest BCUT2D eigenvalue weighted by atomic mass is 10.1. The first-order valence-electron chi connectivity index (χ1n) is 9.14. The molecular formula is C19H29N3O5. The van der Waals surface area contributed by atoms with Gasteiger partial charge in [-0.2, -0.15) is 0 Å². The lowest BCUT2D eigenvalue weighted by molar-refractivity contribution is -0.126. The smallest absolute Gasteiger partial charge is 0.227 e. The standard InChI is InChI=1S/C19H29N3O5/c1-5-6-20-7-8-21-19(24)13-9-17(23)22(12-13)14-10-15(25-2)18(27-4)16(11-14)26-3/h10-11,13,20H,5-9,12H2,1-4H3,(H,21,24). The summed E-state index contributed by atoms with van der Waals surface area (Å²) in [5, 5.41) is 6.12. The lowest BCUT2D eigenvalue weighted by Gasteiger charge is -2.20. The van der Waals surface area contributed by atoms with Crippen LogP contribution in [0.25, 0.3) is 0 Å². The van der Waals surface area contributed by atoms with Crippen molar-refractivity contribution in [1.82, 2.24) is 10.6 Å². The third-order valence-corrected chi connectivity index (χ3v) is 4.48. The van der Waals surface area contributed by atoms with Crippen LogP contribution in [0.5, 0.6) is 17.2 Å². The van der Waals surface area contributed by atoms with Crippen molar-refractivity contribution >= 4 is 17.5 Å². The van der Waals surface area contributed by atoms with Gasteiger partial charge in [0.1, 0.15) is 0 Å². The van der Waals surface area contributed by atoms with E-state index in [1.54, 1.807) is 17.0 Å². The predicted molar refractivity (Wildman–Crippen MR) is 103 cm³/mol. The van der Waals surface area contributed by atoms with Crippen molar-refractivity contribution < 1.29 is 23.8 Å². The second kappa shape index (κ2) is 10.0. The van der Waals surface area contributed by atoms with Crippen LogP contribution in [-0.4, -0.2) is 59.3 Å². The average molecular weight is 379 g/mol. The topological polar surface area (TPSA) is 89.1 Å². The number of carbonyl (C=O) groups is 2. The monoisotopic (exact) mass is 379 g/mol. The first-order valence-corrected chi connectivity index (χ1v) is 9.14. The van der Waals surface area contributed by atoms with Crippen LogP contribution in [0.15, 0.2) is 12.1 Å². The Bertz CT molecular complexity index is 640. The number of rotatable bonds is 10. The quantitative estimate of drug-likeness (QED) is 0.594.